The summed E-state index contributed by atoms with van der Waals surface area (Å²) in [6.07, 6.45) is 6.74. The fraction of sp³-hybridized carbons (Fsp3) is 0.562. The fourth-order valence-electron chi connectivity index (χ4n) is 3.41. The molecule has 1 aromatic heterocycles. The fourth-order valence-corrected chi connectivity index (χ4v) is 3.41. The van der Waals surface area contributed by atoms with E-state index in [0.29, 0.717) is 13.0 Å². The van der Waals surface area contributed by atoms with Gasteiger partial charge >= 0.3 is 0 Å². The van der Waals surface area contributed by atoms with E-state index in [4.69, 9.17) is 0 Å². The highest BCUT2D eigenvalue weighted by atomic mass is 16.2. The van der Waals surface area contributed by atoms with Gasteiger partial charge in [0.05, 0.1) is 0 Å². The highest BCUT2D eigenvalue weighted by Crippen LogP contribution is 2.28. The second kappa shape index (κ2) is 5.84. The SMILES string of the molecule is CCC1C(=O)N2CCCC2C(=O)N1CCc1cccnc1. The lowest BCUT2D eigenvalue weighted by Gasteiger charge is -2.42. The van der Waals surface area contributed by atoms with Crippen LogP contribution in [0.5, 0.6) is 0 Å². The third-order valence-electron chi connectivity index (χ3n) is 4.52. The highest BCUT2D eigenvalue weighted by Gasteiger charge is 2.46. The van der Waals surface area contributed by atoms with Gasteiger partial charge in [0.1, 0.15) is 12.1 Å². The van der Waals surface area contributed by atoms with E-state index in [0.717, 1.165) is 31.4 Å². The molecule has 21 heavy (non-hydrogen) atoms. The second-order valence-electron chi connectivity index (χ2n) is 5.76. The van der Waals surface area contributed by atoms with Crippen LogP contribution in [0.15, 0.2) is 24.5 Å². The largest absolute Gasteiger partial charge is 0.329 e. The van der Waals surface area contributed by atoms with Gasteiger partial charge in [0.2, 0.25) is 11.8 Å². The summed E-state index contributed by atoms with van der Waals surface area (Å²) in [5, 5.41) is 0. The van der Waals surface area contributed by atoms with Crippen molar-refractivity contribution in [3.05, 3.63) is 30.1 Å². The normalized spacial score (nSPS) is 25.4. The molecule has 2 aliphatic rings. The van der Waals surface area contributed by atoms with E-state index in [1.54, 1.807) is 16.0 Å². The average Bonchev–Trinajstić information content (AvgIpc) is 3.00. The van der Waals surface area contributed by atoms with Crippen molar-refractivity contribution in [1.29, 1.82) is 0 Å². The molecule has 2 amide bonds. The van der Waals surface area contributed by atoms with E-state index >= 15 is 0 Å². The van der Waals surface area contributed by atoms with Crippen molar-refractivity contribution >= 4 is 11.8 Å². The van der Waals surface area contributed by atoms with Gasteiger partial charge in [-0.1, -0.05) is 13.0 Å². The molecule has 2 saturated heterocycles. The van der Waals surface area contributed by atoms with Crippen LogP contribution < -0.4 is 0 Å². The molecular weight excluding hydrogens is 266 g/mol. The van der Waals surface area contributed by atoms with Crippen LogP contribution in [0.25, 0.3) is 0 Å². The van der Waals surface area contributed by atoms with Crippen molar-refractivity contribution in [1.82, 2.24) is 14.8 Å². The minimum Gasteiger partial charge on any atom is -0.329 e. The third kappa shape index (κ3) is 2.52. The van der Waals surface area contributed by atoms with Crippen molar-refractivity contribution < 1.29 is 9.59 Å². The molecule has 0 aliphatic carbocycles. The molecule has 2 unspecified atom stereocenters. The van der Waals surface area contributed by atoms with Gasteiger partial charge < -0.3 is 9.80 Å². The molecule has 1 aromatic rings. The van der Waals surface area contributed by atoms with Gasteiger partial charge in [-0.05, 0) is 37.3 Å². The molecule has 0 bridgehead atoms. The lowest BCUT2D eigenvalue weighted by molar-refractivity contribution is -0.159. The first-order valence-corrected chi connectivity index (χ1v) is 7.72. The number of carbonyl (C=O) groups is 2. The topological polar surface area (TPSA) is 53.5 Å². The predicted molar refractivity (Wildman–Crippen MR) is 78.5 cm³/mol. The average molecular weight is 287 g/mol. The highest BCUT2D eigenvalue weighted by molar-refractivity contribution is 5.97. The maximum atomic E-state index is 12.7. The maximum absolute atomic E-state index is 12.7. The van der Waals surface area contributed by atoms with Crippen LogP contribution in [0.3, 0.4) is 0 Å². The zero-order valence-corrected chi connectivity index (χ0v) is 12.4. The van der Waals surface area contributed by atoms with Crippen molar-refractivity contribution in [2.75, 3.05) is 13.1 Å². The number of amides is 2. The minimum atomic E-state index is -0.288. The number of nitrogens with zero attached hydrogens (tertiary/aromatic N) is 3. The molecular formula is C16H21N3O2. The first kappa shape index (κ1) is 14.0. The molecule has 0 saturated carbocycles. The van der Waals surface area contributed by atoms with Crippen LogP contribution in [0.4, 0.5) is 0 Å². The summed E-state index contributed by atoms with van der Waals surface area (Å²) in [4.78, 5) is 32.9. The molecule has 3 rings (SSSR count). The van der Waals surface area contributed by atoms with Gasteiger partial charge in [-0.15, -0.1) is 0 Å². The lowest BCUT2D eigenvalue weighted by Crippen LogP contribution is -2.62. The van der Waals surface area contributed by atoms with Crippen molar-refractivity contribution in [3.8, 4) is 0 Å². The Kier molecular flexibility index (Phi) is 3.90. The van der Waals surface area contributed by atoms with Crippen LogP contribution in [0.2, 0.25) is 0 Å². The van der Waals surface area contributed by atoms with Gasteiger partial charge in [0.15, 0.2) is 0 Å². The summed E-state index contributed by atoms with van der Waals surface area (Å²) in [7, 11) is 0. The standard InChI is InChI=1S/C16H21N3O2/c1-2-13-15(20)18-9-4-6-14(18)16(21)19(13)10-7-12-5-3-8-17-11-12/h3,5,8,11,13-14H,2,4,6-7,9-10H2,1H3. The number of pyridine rings is 1. The molecule has 0 N–H and O–H groups in total. The van der Waals surface area contributed by atoms with Gasteiger partial charge in [-0.3, -0.25) is 14.6 Å². The van der Waals surface area contributed by atoms with Crippen LogP contribution >= 0.6 is 0 Å². The number of carbonyl (C=O) groups excluding carboxylic acids is 2. The zero-order chi connectivity index (χ0) is 14.8. The van der Waals surface area contributed by atoms with Crippen LogP contribution in [0, 0.1) is 0 Å². The quantitative estimate of drug-likeness (QED) is 0.837. The van der Waals surface area contributed by atoms with Gasteiger partial charge in [0.25, 0.3) is 0 Å². The van der Waals surface area contributed by atoms with E-state index in [2.05, 4.69) is 4.98 Å². The molecule has 112 valence electrons. The summed E-state index contributed by atoms with van der Waals surface area (Å²) in [6, 6.07) is 3.40. The number of fused-ring (bicyclic) bond motifs is 1. The minimum absolute atomic E-state index is 0.128. The molecule has 5 nitrogen and oxygen atoms in total. The molecule has 2 atom stereocenters. The molecule has 0 aromatic carbocycles. The van der Waals surface area contributed by atoms with E-state index in [-0.39, 0.29) is 23.9 Å². The Labute approximate surface area is 124 Å². The van der Waals surface area contributed by atoms with E-state index in [1.807, 2.05) is 25.3 Å². The van der Waals surface area contributed by atoms with Crippen LogP contribution in [-0.2, 0) is 16.0 Å². The molecule has 0 radical (unpaired) electrons. The Morgan fingerprint density at radius 3 is 2.90 bits per heavy atom. The first-order valence-electron chi connectivity index (χ1n) is 7.72. The summed E-state index contributed by atoms with van der Waals surface area (Å²) in [6.45, 7) is 3.31. The zero-order valence-electron chi connectivity index (χ0n) is 12.4. The number of hydrogen-bond acceptors (Lipinski definition) is 3. The summed E-state index contributed by atoms with van der Waals surface area (Å²) >= 11 is 0. The Morgan fingerprint density at radius 1 is 1.33 bits per heavy atom. The number of piperazine rings is 1. The van der Waals surface area contributed by atoms with Gasteiger partial charge in [0, 0.05) is 25.5 Å². The number of aromatic nitrogens is 1. The van der Waals surface area contributed by atoms with E-state index < -0.39 is 0 Å². The molecule has 0 spiro atoms. The van der Waals surface area contributed by atoms with Crippen LogP contribution in [0.1, 0.15) is 31.7 Å². The van der Waals surface area contributed by atoms with E-state index in [1.165, 1.54) is 0 Å². The third-order valence-corrected chi connectivity index (χ3v) is 4.52. The summed E-state index contributed by atoms with van der Waals surface area (Å²) in [5.74, 6) is 0.258. The molecule has 5 heteroatoms. The maximum Gasteiger partial charge on any atom is 0.246 e. The van der Waals surface area contributed by atoms with Crippen LogP contribution in [-0.4, -0.2) is 51.8 Å². The van der Waals surface area contributed by atoms with Crippen molar-refractivity contribution in [3.63, 3.8) is 0 Å². The van der Waals surface area contributed by atoms with Gasteiger partial charge in [-0.25, -0.2) is 0 Å². The number of rotatable bonds is 4. The van der Waals surface area contributed by atoms with E-state index in [9.17, 15) is 9.59 Å². The smallest absolute Gasteiger partial charge is 0.246 e. The lowest BCUT2D eigenvalue weighted by atomic mass is 10.0. The van der Waals surface area contributed by atoms with Crippen molar-refractivity contribution in [2.24, 2.45) is 0 Å². The summed E-state index contributed by atoms with van der Waals surface area (Å²) < 4.78 is 0. The Balaban J connectivity index is 1.75. The summed E-state index contributed by atoms with van der Waals surface area (Å²) in [5.41, 5.74) is 1.10. The second-order valence-corrected chi connectivity index (χ2v) is 5.76. The predicted octanol–water partition coefficient (Wildman–Crippen LogP) is 1.24. The Morgan fingerprint density at radius 2 is 2.19 bits per heavy atom. The Hall–Kier alpha value is -1.91. The Bertz CT molecular complexity index is 532. The monoisotopic (exact) mass is 287 g/mol. The molecule has 2 fully saturated rings. The number of hydrogen-bond donors (Lipinski definition) is 0. The molecule has 3 heterocycles. The first-order chi connectivity index (χ1) is 10.2. The van der Waals surface area contributed by atoms with Crippen molar-refractivity contribution in [2.45, 2.75) is 44.7 Å². The van der Waals surface area contributed by atoms with Gasteiger partial charge in [-0.2, -0.15) is 0 Å². The molecule has 2 aliphatic heterocycles.